The Balaban J connectivity index is 1.13. The number of fused-ring (bicyclic) bond motifs is 2. The molecule has 1 saturated carbocycles. The minimum absolute atomic E-state index is 0.175. The molecule has 4 aliphatic rings. The first kappa shape index (κ1) is 25.1. The van der Waals surface area contributed by atoms with Crippen molar-refractivity contribution in [3.05, 3.63) is 94.4 Å². The van der Waals surface area contributed by atoms with Crippen molar-refractivity contribution in [1.29, 1.82) is 0 Å². The molecule has 2 aliphatic carbocycles. The highest BCUT2D eigenvalue weighted by molar-refractivity contribution is 7.96. The summed E-state index contributed by atoms with van der Waals surface area (Å²) in [7, 11) is -3.14. The number of piperidine rings is 1. The molecular weight excluding hydrogens is 478 g/mol. The van der Waals surface area contributed by atoms with E-state index in [0.29, 0.717) is 35.0 Å². The zero-order chi connectivity index (χ0) is 25.5. The lowest BCUT2D eigenvalue weighted by molar-refractivity contribution is 0.0402. The van der Waals surface area contributed by atoms with E-state index in [9.17, 15) is 8.42 Å². The molecular formula is C32H39NO3S. The van der Waals surface area contributed by atoms with E-state index in [2.05, 4.69) is 72.5 Å². The summed E-state index contributed by atoms with van der Waals surface area (Å²) in [6.45, 7) is 5.88. The van der Waals surface area contributed by atoms with Gasteiger partial charge in [-0.2, -0.15) is 0 Å². The number of ether oxygens (including phenoxy) is 1. The number of hydrogen-bond donors (Lipinski definition) is 0. The summed E-state index contributed by atoms with van der Waals surface area (Å²) in [6, 6.07) is 21.4. The maximum Gasteiger partial charge on any atom is 0.179 e. The van der Waals surface area contributed by atoms with Crippen LogP contribution in [-0.2, 0) is 21.2 Å². The molecule has 0 amide bonds. The summed E-state index contributed by atoms with van der Waals surface area (Å²) >= 11 is 0. The summed E-state index contributed by atoms with van der Waals surface area (Å²) in [5.74, 6) is 1.79. The Labute approximate surface area is 222 Å². The van der Waals surface area contributed by atoms with E-state index in [1.54, 1.807) is 0 Å². The topological polar surface area (TPSA) is 46.6 Å². The molecule has 3 fully saturated rings. The molecule has 4 atom stereocenters. The van der Waals surface area contributed by atoms with E-state index >= 15 is 0 Å². The SMILES string of the molecule is CC1C=C2C(=CC1)S(=O)(=O)CC21CCN(C[C@H]2CC(OCc3ccccc3)C[C@@H]2c2ccccc2)CC1. The van der Waals surface area contributed by atoms with Crippen molar-refractivity contribution in [2.24, 2.45) is 17.3 Å². The third-order valence-electron chi connectivity index (χ3n) is 9.28. The van der Waals surface area contributed by atoms with Crippen LogP contribution in [0.5, 0.6) is 0 Å². The molecule has 2 aromatic rings. The zero-order valence-corrected chi connectivity index (χ0v) is 22.7. The van der Waals surface area contributed by atoms with Crippen LogP contribution in [0.1, 0.15) is 56.1 Å². The van der Waals surface area contributed by atoms with E-state index in [-0.39, 0.29) is 11.5 Å². The smallest absolute Gasteiger partial charge is 0.179 e. The van der Waals surface area contributed by atoms with Crippen LogP contribution in [0.25, 0.3) is 0 Å². The molecule has 0 bridgehead atoms. The van der Waals surface area contributed by atoms with Crippen molar-refractivity contribution < 1.29 is 13.2 Å². The highest BCUT2D eigenvalue weighted by atomic mass is 32.2. The van der Waals surface area contributed by atoms with Gasteiger partial charge < -0.3 is 9.64 Å². The normalized spacial score (nSPS) is 30.6. The Morgan fingerprint density at radius 1 is 0.973 bits per heavy atom. The van der Waals surface area contributed by atoms with Gasteiger partial charge in [0, 0.05) is 12.0 Å². The van der Waals surface area contributed by atoms with Crippen molar-refractivity contribution in [2.45, 2.75) is 57.7 Å². The Morgan fingerprint density at radius 2 is 1.68 bits per heavy atom. The fraction of sp³-hybridized carbons (Fsp3) is 0.500. The van der Waals surface area contributed by atoms with E-state index < -0.39 is 9.84 Å². The van der Waals surface area contributed by atoms with Crippen molar-refractivity contribution in [3.63, 3.8) is 0 Å². The molecule has 4 nitrogen and oxygen atoms in total. The second-order valence-corrected chi connectivity index (χ2v) is 13.8. The first-order chi connectivity index (χ1) is 17.9. The molecule has 196 valence electrons. The molecule has 0 N–H and O–H groups in total. The number of likely N-dealkylation sites (tertiary alicyclic amines) is 1. The van der Waals surface area contributed by atoms with Gasteiger partial charge in [0.25, 0.3) is 0 Å². The van der Waals surface area contributed by atoms with Crippen LogP contribution < -0.4 is 0 Å². The third-order valence-corrected chi connectivity index (χ3v) is 11.3. The Hall–Kier alpha value is -2.21. The molecule has 2 aliphatic heterocycles. The van der Waals surface area contributed by atoms with Crippen molar-refractivity contribution in [3.8, 4) is 0 Å². The Kier molecular flexibility index (Phi) is 6.89. The van der Waals surface area contributed by atoms with Crippen molar-refractivity contribution in [2.75, 3.05) is 25.4 Å². The fourth-order valence-electron chi connectivity index (χ4n) is 7.31. The number of benzene rings is 2. The standard InChI is InChI=1S/C32H39NO3S/c1-24-12-13-31-30(18-24)32(23-37(31,34)35)14-16-33(17-15-32)21-27-19-28(36-22-25-8-4-2-5-9-25)20-29(27)26-10-6-3-7-11-26/h2-11,13,18,24,27-29H,12,14-17,19-23H2,1H3/t24?,27-,28?,29-/m1/s1. The van der Waals surface area contributed by atoms with Crippen LogP contribution in [0.4, 0.5) is 0 Å². The lowest BCUT2D eigenvalue weighted by Crippen LogP contribution is -2.43. The third kappa shape index (κ3) is 5.10. The van der Waals surface area contributed by atoms with Crippen molar-refractivity contribution in [1.82, 2.24) is 4.90 Å². The van der Waals surface area contributed by atoms with Gasteiger partial charge in [-0.3, -0.25) is 0 Å². The van der Waals surface area contributed by atoms with Gasteiger partial charge in [0.15, 0.2) is 9.84 Å². The highest BCUT2D eigenvalue weighted by Gasteiger charge is 2.51. The van der Waals surface area contributed by atoms with E-state index in [0.717, 1.165) is 57.3 Å². The first-order valence-electron chi connectivity index (χ1n) is 14.0. The maximum absolute atomic E-state index is 13.0. The number of allylic oxidation sites excluding steroid dienone is 3. The summed E-state index contributed by atoms with van der Waals surface area (Å²) < 4.78 is 32.4. The van der Waals surface area contributed by atoms with Gasteiger partial charge in [-0.25, -0.2) is 8.42 Å². The number of sulfone groups is 1. The van der Waals surface area contributed by atoms with Crippen LogP contribution in [0.15, 0.2) is 83.3 Å². The predicted octanol–water partition coefficient (Wildman–Crippen LogP) is 6.13. The molecule has 5 heteroatoms. The first-order valence-corrected chi connectivity index (χ1v) is 15.7. The number of hydrogen-bond acceptors (Lipinski definition) is 4. The largest absolute Gasteiger partial charge is 0.374 e. The molecule has 1 spiro atoms. The van der Waals surface area contributed by atoms with Crippen molar-refractivity contribution >= 4 is 9.84 Å². The second kappa shape index (κ2) is 10.2. The van der Waals surface area contributed by atoms with Crippen LogP contribution in [0.2, 0.25) is 0 Å². The monoisotopic (exact) mass is 517 g/mol. The summed E-state index contributed by atoms with van der Waals surface area (Å²) in [5, 5.41) is 0. The van der Waals surface area contributed by atoms with Gasteiger partial charge >= 0.3 is 0 Å². The number of rotatable bonds is 6. The number of nitrogens with zero attached hydrogens (tertiary/aromatic N) is 1. The van der Waals surface area contributed by atoms with Gasteiger partial charge in [0.1, 0.15) is 0 Å². The van der Waals surface area contributed by atoms with Gasteiger partial charge in [0.05, 0.1) is 23.4 Å². The predicted molar refractivity (Wildman–Crippen MR) is 149 cm³/mol. The van der Waals surface area contributed by atoms with E-state index in [1.807, 2.05) is 12.1 Å². The van der Waals surface area contributed by atoms with Gasteiger partial charge in [0.2, 0.25) is 0 Å². The molecule has 0 aromatic heterocycles. The summed E-state index contributed by atoms with van der Waals surface area (Å²) in [4.78, 5) is 3.25. The fourth-order valence-corrected chi connectivity index (χ4v) is 9.60. The summed E-state index contributed by atoms with van der Waals surface area (Å²) in [6.07, 6.45) is 9.41. The zero-order valence-electron chi connectivity index (χ0n) is 21.9. The lowest BCUT2D eigenvalue weighted by Gasteiger charge is -2.41. The van der Waals surface area contributed by atoms with Gasteiger partial charge in [-0.05, 0) is 79.6 Å². The molecule has 0 radical (unpaired) electrons. The van der Waals surface area contributed by atoms with E-state index in [4.69, 9.17) is 4.74 Å². The minimum atomic E-state index is -3.14. The maximum atomic E-state index is 13.0. The molecule has 2 aromatic carbocycles. The van der Waals surface area contributed by atoms with Crippen LogP contribution >= 0.6 is 0 Å². The average Bonchev–Trinajstić information content (AvgIpc) is 3.41. The molecule has 2 unspecified atom stereocenters. The molecule has 37 heavy (non-hydrogen) atoms. The highest BCUT2D eigenvalue weighted by Crippen LogP contribution is 2.53. The summed E-state index contributed by atoms with van der Waals surface area (Å²) in [5.41, 5.74) is 3.62. The Morgan fingerprint density at radius 3 is 2.41 bits per heavy atom. The lowest BCUT2D eigenvalue weighted by atomic mass is 9.71. The van der Waals surface area contributed by atoms with Crippen LogP contribution in [0, 0.1) is 17.3 Å². The van der Waals surface area contributed by atoms with E-state index in [1.165, 1.54) is 11.1 Å². The molecule has 2 saturated heterocycles. The average molecular weight is 518 g/mol. The van der Waals surface area contributed by atoms with Crippen LogP contribution in [0.3, 0.4) is 0 Å². The second-order valence-electron chi connectivity index (χ2n) is 11.9. The molecule has 6 rings (SSSR count). The van der Waals surface area contributed by atoms with Gasteiger partial charge in [-0.1, -0.05) is 79.7 Å². The minimum Gasteiger partial charge on any atom is -0.374 e. The van der Waals surface area contributed by atoms with Crippen LogP contribution in [-0.4, -0.2) is 44.8 Å². The quantitative estimate of drug-likeness (QED) is 0.463. The molecule has 2 heterocycles. The Bertz CT molecular complexity index is 1260. The van der Waals surface area contributed by atoms with Gasteiger partial charge in [-0.15, -0.1) is 0 Å².